The summed E-state index contributed by atoms with van der Waals surface area (Å²) in [5.41, 5.74) is 4.31. The van der Waals surface area contributed by atoms with Crippen molar-refractivity contribution in [2.75, 3.05) is 17.2 Å². The van der Waals surface area contributed by atoms with Gasteiger partial charge in [-0.15, -0.1) is 0 Å². The average molecular weight is 431 g/mol. The molecular formula is C21H23ClN4O4. The van der Waals surface area contributed by atoms with E-state index < -0.39 is 11.8 Å². The molecule has 8 nitrogen and oxygen atoms in total. The average Bonchev–Trinajstić information content (AvgIpc) is 2.70. The van der Waals surface area contributed by atoms with Crippen LogP contribution in [0.2, 0.25) is 5.02 Å². The summed E-state index contributed by atoms with van der Waals surface area (Å²) in [6.07, 6.45) is -0.0529. The molecule has 0 fully saturated rings. The molecule has 3 N–H and O–H groups in total. The van der Waals surface area contributed by atoms with Gasteiger partial charge in [0.05, 0.1) is 13.0 Å². The van der Waals surface area contributed by atoms with Gasteiger partial charge in [0.25, 0.3) is 0 Å². The van der Waals surface area contributed by atoms with Crippen molar-refractivity contribution in [1.29, 1.82) is 0 Å². The minimum absolute atomic E-state index is 0.0529. The largest absolute Gasteiger partial charge is 0.494 e. The van der Waals surface area contributed by atoms with Crippen LogP contribution in [-0.2, 0) is 14.4 Å². The molecule has 0 saturated heterocycles. The number of ether oxygens (including phenoxy) is 1. The van der Waals surface area contributed by atoms with E-state index in [9.17, 15) is 14.4 Å². The van der Waals surface area contributed by atoms with Crippen molar-refractivity contribution in [3.05, 3.63) is 53.1 Å². The number of hydrogen-bond acceptors (Lipinski definition) is 5. The Labute approximate surface area is 179 Å². The number of anilines is 2. The van der Waals surface area contributed by atoms with E-state index in [0.29, 0.717) is 34.5 Å². The van der Waals surface area contributed by atoms with Crippen LogP contribution in [0.4, 0.5) is 11.4 Å². The second-order valence-corrected chi connectivity index (χ2v) is 6.80. The third kappa shape index (κ3) is 7.21. The van der Waals surface area contributed by atoms with Crippen LogP contribution in [0.1, 0.15) is 25.8 Å². The summed E-state index contributed by atoms with van der Waals surface area (Å²) in [7, 11) is 0. The Kier molecular flexibility index (Phi) is 8.37. The lowest BCUT2D eigenvalue weighted by molar-refractivity contribution is -0.136. The molecule has 0 bridgehead atoms. The molecule has 158 valence electrons. The summed E-state index contributed by atoms with van der Waals surface area (Å²) < 4.78 is 5.34. The van der Waals surface area contributed by atoms with Gasteiger partial charge in [-0.1, -0.05) is 17.7 Å². The number of aryl methyl sites for hydroxylation is 1. The normalized spacial score (nSPS) is 10.9. The first-order chi connectivity index (χ1) is 14.3. The Morgan fingerprint density at radius 1 is 1.00 bits per heavy atom. The standard InChI is InChI=1S/C21H23ClN4O4/c1-4-30-17-9-7-15(8-10-17)23-19(27)11-14(3)25-26-21(29)20(28)24-16-6-5-13(2)18(22)12-16/h5-10,12H,4,11H2,1-3H3,(H,23,27)(H,24,28)(H,26,29)/b25-14+. The molecule has 2 aromatic rings. The number of carbonyl (C=O) groups excluding carboxylic acids is 3. The maximum Gasteiger partial charge on any atom is 0.329 e. The first-order valence-corrected chi connectivity index (χ1v) is 9.59. The highest BCUT2D eigenvalue weighted by atomic mass is 35.5. The third-order valence-electron chi connectivity index (χ3n) is 3.85. The van der Waals surface area contributed by atoms with E-state index in [4.69, 9.17) is 16.3 Å². The topological polar surface area (TPSA) is 109 Å². The molecule has 0 radical (unpaired) electrons. The van der Waals surface area contributed by atoms with Crippen LogP contribution < -0.4 is 20.8 Å². The second kappa shape index (κ2) is 11.0. The fourth-order valence-corrected chi connectivity index (χ4v) is 2.51. The zero-order valence-electron chi connectivity index (χ0n) is 16.9. The SMILES string of the molecule is CCOc1ccc(NC(=O)C/C(C)=N/NC(=O)C(=O)Nc2ccc(C)c(Cl)c2)cc1. The van der Waals surface area contributed by atoms with E-state index in [0.717, 1.165) is 5.56 Å². The smallest absolute Gasteiger partial charge is 0.329 e. The molecule has 9 heteroatoms. The van der Waals surface area contributed by atoms with E-state index >= 15 is 0 Å². The summed E-state index contributed by atoms with van der Waals surface area (Å²) in [6, 6.07) is 11.8. The first kappa shape index (κ1) is 22.9. The molecule has 0 heterocycles. The highest BCUT2D eigenvalue weighted by molar-refractivity contribution is 6.40. The maximum absolute atomic E-state index is 12.1. The number of carbonyl (C=O) groups is 3. The van der Waals surface area contributed by atoms with Crippen molar-refractivity contribution in [1.82, 2.24) is 5.43 Å². The van der Waals surface area contributed by atoms with Crippen LogP contribution in [0.5, 0.6) is 5.75 Å². The molecule has 2 aromatic carbocycles. The van der Waals surface area contributed by atoms with Gasteiger partial charge in [-0.25, -0.2) is 5.43 Å². The summed E-state index contributed by atoms with van der Waals surface area (Å²) >= 11 is 5.99. The van der Waals surface area contributed by atoms with Crippen molar-refractivity contribution in [2.45, 2.75) is 27.2 Å². The van der Waals surface area contributed by atoms with Crippen LogP contribution >= 0.6 is 11.6 Å². The number of nitrogens with one attached hydrogen (secondary N) is 3. The first-order valence-electron chi connectivity index (χ1n) is 9.21. The molecule has 3 amide bonds. The zero-order chi connectivity index (χ0) is 22.1. The highest BCUT2D eigenvalue weighted by Crippen LogP contribution is 2.19. The zero-order valence-corrected chi connectivity index (χ0v) is 17.7. The van der Waals surface area contributed by atoms with Crippen molar-refractivity contribution >= 4 is 46.4 Å². The van der Waals surface area contributed by atoms with E-state index in [1.54, 1.807) is 49.4 Å². The molecule has 0 aromatic heterocycles. The monoisotopic (exact) mass is 430 g/mol. The van der Waals surface area contributed by atoms with E-state index in [2.05, 4.69) is 21.2 Å². The van der Waals surface area contributed by atoms with Crippen molar-refractivity contribution < 1.29 is 19.1 Å². The summed E-state index contributed by atoms with van der Waals surface area (Å²) in [6.45, 7) is 5.84. The van der Waals surface area contributed by atoms with Gasteiger partial charge in [0.15, 0.2) is 0 Å². The van der Waals surface area contributed by atoms with Crippen molar-refractivity contribution in [3.8, 4) is 5.75 Å². The third-order valence-corrected chi connectivity index (χ3v) is 4.26. The second-order valence-electron chi connectivity index (χ2n) is 6.39. The fourth-order valence-electron chi connectivity index (χ4n) is 2.33. The number of rotatable bonds is 7. The molecule has 0 atom stereocenters. The molecule has 30 heavy (non-hydrogen) atoms. The maximum atomic E-state index is 12.1. The van der Waals surface area contributed by atoms with Gasteiger partial charge in [-0.05, 0) is 62.7 Å². The number of hydrogen-bond donors (Lipinski definition) is 3. The Morgan fingerprint density at radius 3 is 2.30 bits per heavy atom. The quantitative estimate of drug-likeness (QED) is 0.354. The predicted molar refractivity (Wildman–Crippen MR) is 117 cm³/mol. The van der Waals surface area contributed by atoms with Gasteiger partial charge in [0.1, 0.15) is 5.75 Å². The van der Waals surface area contributed by atoms with Gasteiger partial charge in [-0.2, -0.15) is 5.10 Å². The van der Waals surface area contributed by atoms with E-state index in [-0.39, 0.29) is 12.3 Å². The molecule has 2 rings (SSSR count). The molecule has 0 aliphatic rings. The van der Waals surface area contributed by atoms with Crippen LogP contribution in [0.15, 0.2) is 47.6 Å². The Hall–Kier alpha value is -3.39. The molecule has 0 spiro atoms. The van der Waals surface area contributed by atoms with Crippen LogP contribution in [0.25, 0.3) is 0 Å². The Bertz CT molecular complexity index is 958. The number of nitrogens with zero attached hydrogens (tertiary/aromatic N) is 1. The number of halogens is 1. The summed E-state index contributed by atoms with van der Waals surface area (Å²) in [4.78, 5) is 35.9. The van der Waals surface area contributed by atoms with Gasteiger partial charge in [0, 0.05) is 22.1 Å². The number of amides is 3. The minimum Gasteiger partial charge on any atom is -0.494 e. The van der Waals surface area contributed by atoms with Gasteiger partial charge >= 0.3 is 11.8 Å². The fraction of sp³-hybridized carbons (Fsp3) is 0.238. The van der Waals surface area contributed by atoms with E-state index in [1.807, 2.05) is 13.8 Å². The van der Waals surface area contributed by atoms with Gasteiger partial charge in [0.2, 0.25) is 5.91 Å². The lowest BCUT2D eigenvalue weighted by Crippen LogP contribution is -2.33. The van der Waals surface area contributed by atoms with Crippen molar-refractivity contribution in [3.63, 3.8) is 0 Å². The number of hydrazone groups is 1. The molecule has 0 aliphatic heterocycles. The summed E-state index contributed by atoms with van der Waals surface area (Å²) in [5.74, 6) is -1.46. The Balaban J connectivity index is 1.82. The number of benzene rings is 2. The predicted octanol–water partition coefficient (Wildman–Crippen LogP) is 3.51. The lowest BCUT2D eigenvalue weighted by atomic mass is 10.2. The molecule has 0 unspecified atom stereocenters. The minimum atomic E-state index is -0.960. The van der Waals surface area contributed by atoms with Crippen LogP contribution in [0, 0.1) is 6.92 Å². The lowest BCUT2D eigenvalue weighted by Gasteiger charge is -2.08. The molecule has 0 aliphatic carbocycles. The molecular weight excluding hydrogens is 408 g/mol. The van der Waals surface area contributed by atoms with Crippen LogP contribution in [0.3, 0.4) is 0 Å². The molecule has 0 saturated carbocycles. The van der Waals surface area contributed by atoms with Crippen molar-refractivity contribution in [2.24, 2.45) is 5.10 Å². The highest BCUT2D eigenvalue weighted by Gasteiger charge is 2.14. The Morgan fingerprint density at radius 2 is 1.67 bits per heavy atom. The summed E-state index contributed by atoms with van der Waals surface area (Å²) in [5, 5.41) is 9.40. The van der Waals surface area contributed by atoms with Gasteiger partial charge in [-0.3, -0.25) is 14.4 Å². The van der Waals surface area contributed by atoms with Gasteiger partial charge < -0.3 is 15.4 Å². The van der Waals surface area contributed by atoms with E-state index in [1.165, 1.54) is 0 Å². The van der Waals surface area contributed by atoms with Crippen LogP contribution in [-0.4, -0.2) is 30.0 Å².